The Labute approximate surface area is 114 Å². The number of amides is 1. The van der Waals surface area contributed by atoms with Crippen LogP contribution in [0.1, 0.15) is 19.8 Å². The monoisotopic (exact) mass is 283 g/mol. The Morgan fingerprint density at radius 3 is 3.11 bits per heavy atom. The van der Waals surface area contributed by atoms with Gasteiger partial charge in [-0.15, -0.1) is 11.3 Å². The number of carbonyl (C=O) groups excluding carboxylic acids is 1. The average Bonchev–Trinajstić information content (AvgIpc) is 2.78. The minimum absolute atomic E-state index is 0.0151. The lowest BCUT2D eigenvalue weighted by Crippen LogP contribution is -2.19. The first-order chi connectivity index (χ1) is 8.58. The van der Waals surface area contributed by atoms with E-state index in [0.29, 0.717) is 23.6 Å². The van der Waals surface area contributed by atoms with Crippen LogP contribution in [-0.4, -0.2) is 16.9 Å². The second-order valence-corrected chi connectivity index (χ2v) is 5.48. The summed E-state index contributed by atoms with van der Waals surface area (Å²) >= 11 is 7.61. The molecule has 96 valence electrons. The molecule has 1 heterocycles. The summed E-state index contributed by atoms with van der Waals surface area (Å²) in [6.07, 6.45) is 1.03. The number of hydrogen-bond acceptors (Lipinski definition) is 4. The SMILES string of the molecule is CC(N)CCC(=O)Nc1c(Cl)ccc2scnc12. The van der Waals surface area contributed by atoms with Gasteiger partial charge in [0.05, 0.1) is 20.9 Å². The van der Waals surface area contributed by atoms with Gasteiger partial charge in [-0.2, -0.15) is 0 Å². The van der Waals surface area contributed by atoms with Crippen molar-refractivity contribution in [3.05, 3.63) is 22.7 Å². The fraction of sp³-hybridized carbons (Fsp3) is 0.333. The standard InChI is InChI=1S/C12H14ClN3OS/c1-7(14)2-5-10(17)16-11-8(13)3-4-9-12(11)15-6-18-9/h3-4,6-7H,2,5,14H2,1H3,(H,16,17). The third-order valence-electron chi connectivity index (χ3n) is 2.54. The van der Waals surface area contributed by atoms with Crippen LogP contribution in [0.3, 0.4) is 0 Å². The Balaban J connectivity index is 2.18. The molecule has 2 aromatic rings. The highest BCUT2D eigenvalue weighted by Gasteiger charge is 2.12. The fourth-order valence-electron chi connectivity index (χ4n) is 1.59. The number of fused-ring (bicyclic) bond motifs is 1. The number of halogens is 1. The van der Waals surface area contributed by atoms with E-state index in [9.17, 15) is 4.79 Å². The minimum atomic E-state index is -0.0882. The number of carbonyl (C=O) groups is 1. The fourth-order valence-corrected chi connectivity index (χ4v) is 2.47. The molecule has 2 rings (SSSR count). The predicted octanol–water partition coefficient (Wildman–Crippen LogP) is 3.02. The van der Waals surface area contributed by atoms with Crippen molar-refractivity contribution in [3.8, 4) is 0 Å². The summed E-state index contributed by atoms with van der Waals surface area (Å²) in [5, 5.41) is 3.31. The van der Waals surface area contributed by atoms with E-state index in [1.807, 2.05) is 13.0 Å². The number of benzene rings is 1. The van der Waals surface area contributed by atoms with E-state index in [4.69, 9.17) is 17.3 Å². The van der Waals surface area contributed by atoms with Gasteiger partial charge in [0, 0.05) is 12.5 Å². The van der Waals surface area contributed by atoms with Crippen molar-refractivity contribution in [2.24, 2.45) is 5.73 Å². The molecule has 0 saturated carbocycles. The number of thiazole rings is 1. The first kappa shape index (κ1) is 13.3. The molecule has 0 aliphatic carbocycles. The van der Waals surface area contributed by atoms with Crippen molar-refractivity contribution in [2.75, 3.05) is 5.32 Å². The van der Waals surface area contributed by atoms with Crippen LogP contribution in [0, 0.1) is 0 Å². The molecule has 0 bridgehead atoms. The van der Waals surface area contributed by atoms with Crippen molar-refractivity contribution < 1.29 is 4.79 Å². The molecule has 0 radical (unpaired) electrons. The van der Waals surface area contributed by atoms with Gasteiger partial charge in [0.2, 0.25) is 5.91 Å². The lowest BCUT2D eigenvalue weighted by molar-refractivity contribution is -0.116. The van der Waals surface area contributed by atoms with Gasteiger partial charge < -0.3 is 11.1 Å². The summed E-state index contributed by atoms with van der Waals surface area (Å²) < 4.78 is 1.00. The molecule has 1 aromatic heterocycles. The van der Waals surface area contributed by atoms with E-state index < -0.39 is 0 Å². The number of anilines is 1. The molecule has 4 nitrogen and oxygen atoms in total. The molecule has 3 N–H and O–H groups in total. The smallest absolute Gasteiger partial charge is 0.224 e. The van der Waals surface area contributed by atoms with Crippen LogP contribution < -0.4 is 11.1 Å². The molecule has 0 aliphatic heterocycles. The van der Waals surface area contributed by atoms with Crippen LogP contribution in [0.4, 0.5) is 5.69 Å². The molecular formula is C12H14ClN3OS. The first-order valence-electron chi connectivity index (χ1n) is 5.65. The third-order valence-corrected chi connectivity index (χ3v) is 3.65. The van der Waals surface area contributed by atoms with E-state index in [2.05, 4.69) is 10.3 Å². The van der Waals surface area contributed by atoms with Crippen molar-refractivity contribution in [1.29, 1.82) is 0 Å². The molecule has 1 aromatic carbocycles. The molecule has 0 spiro atoms. The highest BCUT2D eigenvalue weighted by molar-refractivity contribution is 7.16. The average molecular weight is 284 g/mol. The Morgan fingerprint density at radius 1 is 1.61 bits per heavy atom. The molecule has 1 unspecified atom stereocenters. The number of nitrogens with zero attached hydrogens (tertiary/aromatic N) is 1. The molecule has 0 saturated heterocycles. The Bertz CT molecular complexity index is 567. The van der Waals surface area contributed by atoms with Crippen LogP contribution in [0.15, 0.2) is 17.6 Å². The van der Waals surface area contributed by atoms with Crippen molar-refractivity contribution in [1.82, 2.24) is 4.98 Å². The summed E-state index contributed by atoms with van der Waals surface area (Å²) in [6, 6.07) is 3.68. The normalized spacial score (nSPS) is 12.6. The van der Waals surface area contributed by atoms with Gasteiger partial charge in [-0.3, -0.25) is 4.79 Å². The van der Waals surface area contributed by atoms with Gasteiger partial charge in [-0.1, -0.05) is 11.6 Å². The van der Waals surface area contributed by atoms with Gasteiger partial charge in [0.25, 0.3) is 0 Å². The Kier molecular flexibility index (Phi) is 4.16. The first-order valence-corrected chi connectivity index (χ1v) is 6.91. The van der Waals surface area contributed by atoms with Gasteiger partial charge in [0.1, 0.15) is 5.52 Å². The van der Waals surface area contributed by atoms with Crippen LogP contribution in [0.5, 0.6) is 0 Å². The molecule has 0 fully saturated rings. The summed E-state index contributed by atoms with van der Waals surface area (Å²) in [4.78, 5) is 16.0. The molecule has 1 amide bonds. The summed E-state index contributed by atoms with van der Waals surface area (Å²) in [6.45, 7) is 1.88. The zero-order valence-corrected chi connectivity index (χ0v) is 11.5. The van der Waals surface area contributed by atoms with Crippen molar-refractivity contribution in [2.45, 2.75) is 25.8 Å². The zero-order valence-electron chi connectivity index (χ0n) is 9.94. The quantitative estimate of drug-likeness (QED) is 0.906. The molecule has 0 aliphatic rings. The van der Waals surface area contributed by atoms with Crippen LogP contribution in [0.2, 0.25) is 5.02 Å². The van der Waals surface area contributed by atoms with Gasteiger partial charge >= 0.3 is 0 Å². The van der Waals surface area contributed by atoms with Gasteiger partial charge in [-0.25, -0.2) is 4.98 Å². The van der Waals surface area contributed by atoms with Gasteiger partial charge in [-0.05, 0) is 25.5 Å². The number of nitrogens with two attached hydrogens (primary N) is 1. The van der Waals surface area contributed by atoms with Crippen LogP contribution in [0.25, 0.3) is 10.2 Å². The summed E-state index contributed by atoms with van der Waals surface area (Å²) in [5.74, 6) is -0.0882. The highest BCUT2D eigenvalue weighted by Crippen LogP contribution is 2.32. The van der Waals surface area contributed by atoms with E-state index in [-0.39, 0.29) is 11.9 Å². The second kappa shape index (κ2) is 5.65. The predicted molar refractivity (Wildman–Crippen MR) is 76.1 cm³/mol. The maximum absolute atomic E-state index is 11.8. The van der Waals surface area contributed by atoms with E-state index >= 15 is 0 Å². The molecule has 1 atom stereocenters. The second-order valence-electron chi connectivity index (χ2n) is 4.19. The lowest BCUT2D eigenvalue weighted by Gasteiger charge is -2.09. The third kappa shape index (κ3) is 2.98. The molecule has 6 heteroatoms. The zero-order chi connectivity index (χ0) is 13.1. The number of nitrogens with one attached hydrogen (secondary N) is 1. The van der Waals surface area contributed by atoms with Crippen LogP contribution >= 0.6 is 22.9 Å². The number of hydrogen-bond donors (Lipinski definition) is 2. The maximum atomic E-state index is 11.8. The van der Waals surface area contributed by atoms with Crippen molar-refractivity contribution >= 4 is 44.7 Å². The molecule has 18 heavy (non-hydrogen) atoms. The highest BCUT2D eigenvalue weighted by atomic mass is 35.5. The maximum Gasteiger partial charge on any atom is 0.224 e. The lowest BCUT2D eigenvalue weighted by atomic mass is 10.2. The Morgan fingerprint density at radius 2 is 2.39 bits per heavy atom. The van der Waals surface area contributed by atoms with Crippen LogP contribution in [-0.2, 0) is 4.79 Å². The molecular weight excluding hydrogens is 270 g/mol. The number of aromatic nitrogens is 1. The van der Waals surface area contributed by atoms with Crippen molar-refractivity contribution in [3.63, 3.8) is 0 Å². The summed E-state index contributed by atoms with van der Waals surface area (Å²) in [7, 11) is 0. The largest absolute Gasteiger partial charge is 0.328 e. The topological polar surface area (TPSA) is 68.0 Å². The van der Waals surface area contributed by atoms with E-state index in [1.165, 1.54) is 11.3 Å². The summed E-state index contributed by atoms with van der Waals surface area (Å²) in [5.41, 5.74) is 8.68. The van der Waals surface area contributed by atoms with Gasteiger partial charge in [0.15, 0.2) is 0 Å². The van der Waals surface area contributed by atoms with E-state index in [0.717, 1.165) is 10.2 Å². The number of rotatable bonds is 4. The van der Waals surface area contributed by atoms with E-state index in [1.54, 1.807) is 11.6 Å². The Hall–Kier alpha value is -1.17. The minimum Gasteiger partial charge on any atom is -0.328 e.